The van der Waals surface area contributed by atoms with Gasteiger partial charge in [-0.25, -0.2) is 9.28 Å². The summed E-state index contributed by atoms with van der Waals surface area (Å²) in [7, 11) is 0. The van der Waals surface area contributed by atoms with E-state index in [4.69, 9.17) is 0 Å². The van der Waals surface area contributed by atoms with Crippen molar-refractivity contribution < 1.29 is 9.28 Å². The van der Waals surface area contributed by atoms with Gasteiger partial charge >= 0.3 is 6.41 Å². The summed E-state index contributed by atoms with van der Waals surface area (Å²) in [5, 5.41) is 0. The van der Waals surface area contributed by atoms with E-state index < -0.39 is 0 Å². The zero-order valence-corrected chi connectivity index (χ0v) is 13.5. The van der Waals surface area contributed by atoms with Gasteiger partial charge in [-0.3, -0.25) is 0 Å². The van der Waals surface area contributed by atoms with Gasteiger partial charge in [-0.05, 0) is 50.2 Å². The van der Waals surface area contributed by atoms with E-state index in [1.165, 1.54) is 69.9 Å². The van der Waals surface area contributed by atoms with Crippen molar-refractivity contribution in [1.82, 2.24) is 0 Å². The Morgan fingerprint density at radius 3 is 2.05 bits per heavy atom. The molecule has 0 saturated heterocycles. The fourth-order valence-electron chi connectivity index (χ4n) is 4.80. The van der Waals surface area contributed by atoms with Crippen molar-refractivity contribution in [3.63, 3.8) is 0 Å². The number of amides is 1. The summed E-state index contributed by atoms with van der Waals surface area (Å²) in [5.41, 5.74) is 1.31. The van der Waals surface area contributed by atoms with Crippen molar-refractivity contribution in [1.29, 1.82) is 0 Å². The molecule has 21 heavy (non-hydrogen) atoms. The third kappa shape index (κ3) is 2.75. The molecule has 2 atom stereocenters. The maximum atomic E-state index is 12.4. The van der Waals surface area contributed by atoms with Crippen molar-refractivity contribution in [2.45, 2.75) is 83.2 Å². The molecule has 0 spiro atoms. The molecule has 116 valence electrons. The predicted molar refractivity (Wildman–Crippen MR) is 86.5 cm³/mol. The van der Waals surface area contributed by atoms with Crippen LogP contribution in [-0.2, 0) is 4.79 Å². The van der Waals surface area contributed by atoms with Crippen LogP contribution in [0.15, 0.2) is 23.9 Å². The smallest absolute Gasteiger partial charge is 0.233 e. The van der Waals surface area contributed by atoms with Crippen LogP contribution in [0.25, 0.3) is 0 Å². The Bertz CT molecular complexity index is 427. The molecule has 3 aliphatic carbocycles. The Morgan fingerprint density at radius 2 is 1.57 bits per heavy atom. The van der Waals surface area contributed by atoms with Crippen LogP contribution in [0.1, 0.15) is 71.1 Å². The molecule has 2 nitrogen and oxygen atoms in total. The third-order valence-corrected chi connectivity index (χ3v) is 6.02. The van der Waals surface area contributed by atoms with Crippen LogP contribution in [0.4, 0.5) is 0 Å². The van der Waals surface area contributed by atoms with Gasteiger partial charge in [-0.2, -0.15) is 0 Å². The summed E-state index contributed by atoms with van der Waals surface area (Å²) in [6.07, 6.45) is 20.9. The van der Waals surface area contributed by atoms with Gasteiger partial charge in [0.2, 0.25) is 0 Å². The van der Waals surface area contributed by atoms with Crippen molar-refractivity contribution in [3.05, 3.63) is 23.9 Å². The highest BCUT2D eigenvalue weighted by Gasteiger charge is 2.48. The number of allylic oxidation sites excluding steroid dienone is 3. The molecule has 2 fully saturated rings. The monoisotopic (exact) mass is 288 g/mol. The van der Waals surface area contributed by atoms with Gasteiger partial charge in [0, 0.05) is 25.7 Å². The van der Waals surface area contributed by atoms with Gasteiger partial charge in [0.15, 0.2) is 0 Å². The second kappa shape index (κ2) is 6.48. The first-order valence-electron chi connectivity index (χ1n) is 9.00. The summed E-state index contributed by atoms with van der Waals surface area (Å²) in [6, 6.07) is 1.07. The van der Waals surface area contributed by atoms with Crippen LogP contribution < -0.4 is 0 Å². The molecule has 1 amide bonds. The van der Waals surface area contributed by atoms with Gasteiger partial charge in [0.1, 0.15) is 17.8 Å². The van der Waals surface area contributed by atoms with Crippen molar-refractivity contribution in [2.24, 2.45) is 5.92 Å². The number of quaternary nitrogens is 1. The van der Waals surface area contributed by atoms with E-state index >= 15 is 0 Å². The molecule has 0 N–H and O–H groups in total. The maximum absolute atomic E-state index is 12.4. The Kier molecular flexibility index (Phi) is 4.63. The molecular formula is C19H30NO+. The fraction of sp³-hybridized carbons (Fsp3) is 0.737. The largest absolute Gasteiger partial charge is 0.307 e. The second-order valence-electron chi connectivity index (χ2n) is 7.37. The standard InChI is InChI=1S/C19H30NO/c1-16-11-13-19(14-12-16)20(15-21,18-9-5-6-10-18)17-7-3-2-4-8-17/h11,13-18H,2-10,12H2,1H3/q+1. The van der Waals surface area contributed by atoms with Crippen LogP contribution in [0.5, 0.6) is 0 Å². The highest BCUT2D eigenvalue weighted by Crippen LogP contribution is 2.41. The minimum atomic E-state index is 0.531. The topological polar surface area (TPSA) is 17.1 Å². The zero-order chi connectivity index (χ0) is 14.7. The van der Waals surface area contributed by atoms with Crippen LogP contribution in [0, 0.1) is 5.92 Å². The predicted octanol–water partition coefficient (Wildman–Crippen LogP) is 4.71. The van der Waals surface area contributed by atoms with Crippen LogP contribution >= 0.6 is 0 Å². The first kappa shape index (κ1) is 15.0. The van der Waals surface area contributed by atoms with E-state index in [0.717, 1.165) is 6.42 Å². The molecule has 0 aliphatic heterocycles. The van der Waals surface area contributed by atoms with E-state index in [1.807, 2.05) is 0 Å². The third-order valence-electron chi connectivity index (χ3n) is 6.02. The number of hydrogen-bond donors (Lipinski definition) is 0. The molecule has 0 heterocycles. The minimum absolute atomic E-state index is 0.531. The molecular weight excluding hydrogens is 258 g/mol. The first-order valence-corrected chi connectivity index (χ1v) is 9.00. The van der Waals surface area contributed by atoms with Crippen LogP contribution in [0.3, 0.4) is 0 Å². The molecule has 3 aliphatic rings. The summed E-state index contributed by atoms with van der Waals surface area (Å²) < 4.78 is 0.656. The Labute approximate surface area is 129 Å². The number of carbonyl (C=O) groups is 1. The summed E-state index contributed by atoms with van der Waals surface area (Å²) in [6.45, 7) is 2.26. The molecule has 0 aromatic rings. The summed E-state index contributed by atoms with van der Waals surface area (Å²) >= 11 is 0. The number of carbonyl (C=O) groups excluding carboxylic acids is 1. The lowest BCUT2D eigenvalue weighted by atomic mass is 9.88. The molecule has 2 unspecified atom stereocenters. The lowest BCUT2D eigenvalue weighted by molar-refractivity contribution is -0.858. The van der Waals surface area contributed by atoms with E-state index in [-0.39, 0.29) is 0 Å². The number of nitrogens with zero attached hydrogens (tertiary/aromatic N) is 1. The lowest BCUT2D eigenvalue weighted by Crippen LogP contribution is -2.59. The molecule has 0 aromatic carbocycles. The quantitative estimate of drug-likeness (QED) is 0.540. The summed E-state index contributed by atoms with van der Waals surface area (Å²) in [4.78, 5) is 12.4. The number of rotatable bonds is 4. The molecule has 0 aromatic heterocycles. The van der Waals surface area contributed by atoms with Crippen LogP contribution in [0.2, 0.25) is 0 Å². The highest BCUT2D eigenvalue weighted by atomic mass is 16.1. The van der Waals surface area contributed by atoms with Gasteiger partial charge in [0.25, 0.3) is 0 Å². The summed E-state index contributed by atoms with van der Waals surface area (Å²) in [5.74, 6) is 0.622. The first-order chi connectivity index (χ1) is 10.3. The fourth-order valence-corrected chi connectivity index (χ4v) is 4.80. The minimum Gasteiger partial charge on any atom is -0.233 e. The van der Waals surface area contributed by atoms with Crippen molar-refractivity contribution in [3.8, 4) is 0 Å². The molecule has 0 bridgehead atoms. The Hall–Kier alpha value is -0.890. The van der Waals surface area contributed by atoms with E-state index in [1.54, 1.807) is 0 Å². The average Bonchev–Trinajstić information content (AvgIpc) is 3.06. The molecule has 2 heteroatoms. The molecule has 0 radical (unpaired) electrons. The second-order valence-corrected chi connectivity index (χ2v) is 7.37. The Balaban J connectivity index is 1.95. The highest BCUT2D eigenvalue weighted by molar-refractivity contribution is 5.44. The van der Waals surface area contributed by atoms with E-state index in [9.17, 15) is 4.79 Å². The van der Waals surface area contributed by atoms with Crippen molar-refractivity contribution >= 4 is 6.41 Å². The normalized spacial score (nSPS) is 30.9. The Morgan fingerprint density at radius 1 is 1.00 bits per heavy atom. The number of hydrogen-bond acceptors (Lipinski definition) is 1. The van der Waals surface area contributed by atoms with Crippen LogP contribution in [-0.4, -0.2) is 23.0 Å². The van der Waals surface area contributed by atoms with Gasteiger partial charge in [0.05, 0.1) is 0 Å². The van der Waals surface area contributed by atoms with E-state index in [0.29, 0.717) is 22.5 Å². The maximum Gasteiger partial charge on any atom is 0.307 e. The SMILES string of the molecule is CC1C=CC([N+](C=O)(C2CCCCC2)C2CCCC2)=CC1. The molecule has 3 rings (SSSR count). The van der Waals surface area contributed by atoms with E-state index in [2.05, 4.69) is 25.2 Å². The van der Waals surface area contributed by atoms with Gasteiger partial charge in [-0.15, -0.1) is 0 Å². The lowest BCUT2D eigenvalue weighted by Gasteiger charge is -2.46. The van der Waals surface area contributed by atoms with Gasteiger partial charge in [-0.1, -0.05) is 19.4 Å². The molecule has 2 saturated carbocycles. The van der Waals surface area contributed by atoms with Gasteiger partial charge < -0.3 is 0 Å². The average molecular weight is 288 g/mol. The van der Waals surface area contributed by atoms with Crippen molar-refractivity contribution in [2.75, 3.05) is 0 Å². The zero-order valence-electron chi connectivity index (χ0n) is 13.5.